The predicted molar refractivity (Wildman–Crippen MR) is 40.3 cm³/mol. The molecule has 0 bridgehead atoms. The van der Waals surface area contributed by atoms with Crippen LogP contribution in [-0.2, 0) is 4.74 Å². The molecule has 0 saturated heterocycles. The Hall–Kier alpha value is -0.940. The zero-order valence-corrected chi connectivity index (χ0v) is 7.44. The van der Waals surface area contributed by atoms with Gasteiger partial charge < -0.3 is 10.1 Å². The van der Waals surface area contributed by atoms with E-state index in [1.165, 1.54) is 0 Å². The Kier molecular flexibility index (Phi) is 4.58. The van der Waals surface area contributed by atoms with Gasteiger partial charge in [0.05, 0.1) is 0 Å². The highest BCUT2D eigenvalue weighted by Crippen LogP contribution is 2.14. The minimum atomic E-state index is -4.47. The van der Waals surface area contributed by atoms with E-state index in [2.05, 4.69) is 10.1 Å². The SMILES string of the molecule is CCC(C)NC(=O)OCC(F)(F)F. The summed E-state index contributed by atoms with van der Waals surface area (Å²) in [7, 11) is 0. The highest BCUT2D eigenvalue weighted by molar-refractivity contribution is 5.67. The Morgan fingerprint density at radius 2 is 2.08 bits per heavy atom. The summed E-state index contributed by atoms with van der Waals surface area (Å²) in [6, 6.07) is -0.180. The molecule has 0 aromatic heterocycles. The number of hydrogen-bond acceptors (Lipinski definition) is 2. The molecular formula is C7H12F3NO2. The molecule has 1 unspecified atom stereocenters. The van der Waals surface area contributed by atoms with Crippen LogP contribution >= 0.6 is 0 Å². The van der Waals surface area contributed by atoms with Crippen molar-refractivity contribution in [1.82, 2.24) is 5.32 Å². The van der Waals surface area contributed by atoms with Gasteiger partial charge >= 0.3 is 12.3 Å². The van der Waals surface area contributed by atoms with Crippen molar-refractivity contribution in [2.24, 2.45) is 0 Å². The average molecular weight is 199 g/mol. The third kappa shape index (κ3) is 7.42. The Morgan fingerprint density at radius 1 is 1.54 bits per heavy atom. The van der Waals surface area contributed by atoms with Crippen LogP contribution in [0.4, 0.5) is 18.0 Å². The predicted octanol–water partition coefficient (Wildman–Crippen LogP) is 2.07. The van der Waals surface area contributed by atoms with E-state index < -0.39 is 18.9 Å². The average Bonchev–Trinajstić information content (AvgIpc) is 1.99. The van der Waals surface area contributed by atoms with Gasteiger partial charge in [-0.25, -0.2) is 4.79 Å². The second-order valence-corrected chi connectivity index (χ2v) is 2.64. The lowest BCUT2D eigenvalue weighted by atomic mass is 10.3. The van der Waals surface area contributed by atoms with E-state index in [9.17, 15) is 18.0 Å². The molecule has 13 heavy (non-hydrogen) atoms. The van der Waals surface area contributed by atoms with Gasteiger partial charge in [-0.05, 0) is 13.3 Å². The van der Waals surface area contributed by atoms with Crippen LogP contribution in [0.15, 0.2) is 0 Å². The summed E-state index contributed by atoms with van der Waals surface area (Å²) >= 11 is 0. The number of rotatable bonds is 3. The van der Waals surface area contributed by atoms with Gasteiger partial charge in [-0.2, -0.15) is 13.2 Å². The first-order valence-corrected chi connectivity index (χ1v) is 3.85. The first-order valence-electron chi connectivity index (χ1n) is 3.85. The number of hydrogen-bond donors (Lipinski definition) is 1. The quantitative estimate of drug-likeness (QED) is 0.755. The largest absolute Gasteiger partial charge is 0.440 e. The van der Waals surface area contributed by atoms with Crippen LogP contribution in [0.2, 0.25) is 0 Å². The Balaban J connectivity index is 3.64. The second kappa shape index (κ2) is 4.94. The summed E-state index contributed by atoms with van der Waals surface area (Å²) in [5.41, 5.74) is 0. The minimum absolute atomic E-state index is 0.180. The molecule has 1 amide bonds. The molecule has 0 aliphatic rings. The molecule has 78 valence electrons. The highest BCUT2D eigenvalue weighted by atomic mass is 19.4. The molecule has 0 spiro atoms. The van der Waals surface area contributed by atoms with Crippen molar-refractivity contribution in [1.29, 1.82) is 0 Å². The first-order chi connectivity index (χ1) is 5.85. The third-order valence-electron chi connectivity index (χ3n) is 1.34. The Bertz CT molecular complexity index is 170. The fourth-order valence-electron chi connectivity index (χ4n) is 0.492. The van der Waals surface area contributed by atoms with Gasteiger partial charge in [0, 0.05) is 6.04 Å². The maximum Gasteiger partial charge on any atom is 0.422 e. The number of amides is 1. The van der Waals surface area contributed by atoms with Crippen LogP contribution in [0.25, 0.3) is 0 Å². The van der Waals surface area contributed by atoms with E-state index >= 15 is 0 Å². The molecule has 1 N–H and O–H groups in total. The number of alkyl halides is 3. The fraction of sp³-hybridized carbons (Fsp3) is 0.857. The third-order valence-corrected chi connectivity index (χ3v) is 1.34. The maximum atomic E-state index is 11.5. The summed E-state index contributed by atoms with van der Waals surface area (Å²) in [6.45, 7) is 1.93. The molecule has 0 saturated carbocycles. The smallest absolute Gasteiger partial charge is 0.422 e. The van der Waals surface area contributed by atoms with Crippen molar-refractivity contribution >= 4 is 6.09 Å². The van der Waals surface area contributed by atoms with Crippen LogP contribution < -0.4 is 5.32 Å². The lowest BCUT2D eigenvalue weighted by molar-refractivity contribution is -0.160. The number of nitrogens with one attached hydrogen (secondary N) is 1. The van der Waals surface area contributed by atoms with Crippen molar-refractivity contribution in [2.45, 2.75) is 32.5 Å². The van der Waals surface area contributed by atoms with Gasteiger partial charge in [0.15, 0.2) is 6.61 Å². The van der Waals surface area contributed by atoms with Gasteiger partial charge in [-0.1, -0.05) is 6.92 Å². The normalized spacial score (nSPS) is 13.6. The zero-order valence-electron chi connectivity index (χ0n) is 7.44. The minimum Gasteiger partial charge on any atom is -0.440 e. The van der Waals surface area contributed by atoms with Gasteiger partial charge in [0.1, 0.15) is 0 Å². The van der Waals surface area contributed by atoms with Gasteiger partial charge in [-0.15, -0.1) is 0 Å². The van der Waals surface area contributed by atoms with E-state index in [-0.39, 0.29) is 6.04 Å². The lowest BCUT2D eigenvalue weighted by Crippen LogP contribution is -2.34. The molecule has 0 heterocycles. The van der Waals surface area contributed by atoms with E-state index in [0.717, 1.165) is 0 Å². The zero-order chi connectivity index (χ0) is 10.5. The van der Waals surface area contributed by atoms with Crippen molar-refractivity contribution < 1.29 is 22.7 Å². The van der Waals surface area contributed by atoms with Crippen LogP contribution in [0.3, 0.4) is 0 Å². The number of alkyl carbamates (subject to hydrolysis) is 1. The molecule has 0 radical (unpaired) electrons. The molecule has 1 atom stereocenters. The van der Waals surface area contributed by atoms with Crippen LogP contribution in [-0.4, -0.2) is 24.9 Å². The van der Waals surface area contributed by atoms with E-state index in [4.69, 9.17) is 0 Å². The summed E-state index contributed by atoms with van der Waals surface area (Å²) < 4.78 is 38.5. The summed E-state index contributed by atoms with van der Waals surface area (Å²) in [6.07, 6.45) is -4.86. The van der Waals surface area contributed by atoms with Crippen molar-refractivity contribution in [3.05, 3.63) is 0 Å². The van der Waals surface area contributed by atoms with Gasteiger partial charge in [0.2, 0.25) is 0 Å². The van der Waals surface area contributed by atoms with Crippen LogP contribution in [0.1, 0.15) is 20.3 Å². The Labute approximate surface area is 74.3 Å². The van der Waals surface area contributed by atoms with Gasteiger partial charge in [-0.3, -0.25) is 0 Å². The van der Waals surface area contributed by atoms with Crippen LogP contribution in [0.5, 0.6) is 0 Å². The molecule has 0 aromatic carbocycles. The number of carbonyl (C=O) groups excluding carboxylic acids is 1. The second-order valence-electron chi connectivity index (χ2n) is 2.64. The van der Waals surface area contributed by atoms with Crippen molar-refractivity contribution in [2.75, 3.05) is 6.61 Å². The first kappa shape index (κ1) is 12.1. The maximum absolute atomic E-state index is 11.5. The van der Waals surface area contributed by atoms with E-state index in [0.29, 0.717) is 6.42 Å². The van der Waals surface area contributed by atoms with Crippen molar-refractivity contribution in [3.63, 3.8) is 0 Å². The monoisotopic (exact) mass is 199 g/mol. The molecule has 3 nitrogen and oxygen atoms in total. The molecule has 0 rings (SSSR count). The summed E-state index contributed by atoms with van der Waals surface area (Å²) in [4.78, 5) is 10.6. The van der Waals surface area contributed by atoms with Gasteiger partial charge in [0.25, 0.3) is 0 Å². The van der Waals surface area contributed by atoms with E-state index in [1.54, 1.807) is 13.8 Å². The summed E-state index contributed by atoms with van der Waals surface area (Å²) in [5, 5.41) is 2.24. The number of ether oxygens (including phenoxy) is 1. The topological polar surface area (TPSA) is 38.3 Å². The fourth-order valence-corrected chi connectivity index (χ4v) is 0.492. The molecule has 0 fully saturated rings. The van der Waals surface area contributed by atoms with E-state index in [1.807, 2.05) is 0 Å². The molecule has 0 aliphatic carbocycles. The molecule has 0 aromatic rings. The van der Waals surface area contributed by atoms with Crippen molar-refractivity contribution in [3.8, 4) is 0 Å². The summed E-state index contributed by atoms with van der Waals surface area (Å²) in [5.74, 6) is 0. The number of halogens is 3. The standard InChI is InChI=1S/C7H12F3NO2/c1-3-5(2)11-6(12)13-4-7(8,9)10/h5H,3-4H2,1-2H3,(H,11,12). The van der Waals surface area contributed by atoms with Crippen LogP contribution in [0, 0.1) is 0 Å². The molecular weight excluding hydrogens is 187 g/mol. The highest BCUT2D eigenvalue weighted by Gasteiger charge is 2.29. The number of carbonyl (C=O) groups is 1. The molecule has 6 heteroatoms. The Morgan fingerprint density at radius 3 is 2.46 bits per heavy atom. The molecule has 0 aliphatic heterocycles. The lowest BCUT2D eigenvalue weighted by Gasteiger charge is -2.12.